The van der Waals surface area contributed by atoms with Gasteiger partial charge in [-0.3, -0.25) is 29.8 Å². The summed E-state index contributed by atoms with van der Waals surface area (Å²) >= 11 is 0.824. The van der Waals surface area contributed by atoms with Crippen molar-refractivity contribution in [1.29, 1.82) is 0 Å². The Morgan fingerprint density at radius 1 is 0.879 bits per heavy atom. The van der Waals surface area contributed by atoms with Gasteiger partial charge in [-0.1, -0.05) is 30.3 Å². The van der Waals surface area contributed by atoms with Crippen LogP contribution in [0.4, 0.5) is 21.9 Å². The number of anilines is 1. The molecule has 1 fully saturated rings. The number of nitro benzene ring substituents is 2. The van der Waals surface area contributed by atoms with Crippen molar-refractivity contribution in [2.45, 2.75) is 0 Å². The lowest BCUT2D eigenvalue weighted by atomic mass is 10.2. The maximum atomic E-state index is 12.7. The predicted molar refractivity (Wildman–Crippen MR) is 121 cm³/mol. The van der Waals surface area contributed by atoms with Gasteiger partial charge in [0.2, 0.25) is 5.75 Å². The summed E-state index contributed by atoms with van der Waals surface area (Å²) in [6.07, 6.45) is 1.56. The molecule has 2 amide bonds. The van der Waals surface area contributed by atoms with E-state index in [9.17, 15) is 29.8 Å². The second-order valence-corrected chi connectivity index (χ2v) is 7.68. The summed E-state index contributed by atoms with van der Waals surface area (Å²) in [6, 6.07) is 18.0. The normalized spacial score (nSPS) is 14.5. The number of amides is 2. The van der Waals surface area contributed by atoms with E-state index in [4.69, 9.17) is 4.74 Å². The standard InChI is InChI=1S/C22H13N3O7S/c26-21-20(33-22(27)23(21)15-4-2-1-3-5-15)12-14-6-9-17(10-7-14)32-19-11-8-16(24(28)29)13-18(19)25(30)31/h1-13H. The Labute approximate surface area is 190 Å². The fraction of sp³-hybridized carbons (Fsp3) is 0. The van der Waals surface area contributed by atoms with Crippen LogP contribution in [-0.2, 0) is 4.79 Å². The smallest absolute Gasteiger partial charge is 0.318 e. The van der Waals surface area contributed by atoms with Crippen molar-refractivity contribution in [3.63, 3.8) is 0 Å². The first-order valence-corrected chi connectivity index (χ1v) is 10.2. The van der Waals surface area contributed by atoms with Crippen molar-refractivity contribution in [3.05, 3.63) is 103 Å². The fourth-order valence-corrected chi connectivity index (χ4v) is 3.87. The van der Waals surface area contributed by atoms with E-state index in [0.29, 0.717) is 11.3 Å². The molecule has 0 N–H and O–H groups in total. The predicted octanol–water partition coefficient (Wildman–Crippen LogP) is 5.54. The van der Waals surface area contributed by atoms with Gasteiger partial charge < -0.3 is 4.74 Å². The van der Waals surface area contributed by atoms with Crippen LogP contribution in [0.5, 0.6) is 11.5 Å². The molecule has 11 heteroatoms. The number of hydrogen-bond acceptors (Lipinski definition) is 8. The van der Waals surface area contributed by atoms with Crippen molar-refractivity contribution >= 4 is 46.0 Å². The van der Waals surface area contributed by atoms with Crippen LogP contribution in [0.3, 0.4) is 0 Å². The highest BCUT2D eigenvalue weighted by molar-refractivity contribution is 8.19. The van der Waals surface area contributed by atoms with E-state index in [1.165, 1.54) is 12.1 Å². The second-order valence-electron chi connectivity index (χ2n) is 6.69. The molecular formula is C22H13N3O7S. The van der Waals surface area contributed by atoms with E-state index in [2.05, 4.69) is 0 Å². The molecule has 164 valence electrons. The Balaban J connectivity index is 1.53. The SMILES string of the molecule is O=C1SC(=Cc2ccc(Oc3ccc([N+](=O)[O-])cc3[N+](=O)[O-])cc2)C(=O)N1c1ccccc1. The van der Waals surface area contributed by atoms with Crippen molar-refractivity contribution in [1.82, 2.24) is 0 Å². The number of para-hydroxylation sites is 1. The molecule has 0 unspecified atom stereocenters. The Kier molecular flexibility index (Phi) is 5.87. The molecule has 0 atom stereocenters. The van der Waals surface area contributed by atoms with Gasteiger partial charge in [0.25, 0.3) is 16.8 Å². The van der Waals surface area contributed by atoms with E-state index in [-0.39, 0.29) is 16.4 Å². The summed E-state index contributed by atoms with van der Waals surface area (Å²) in [5.74, 6) is -0.332. The minimum Gasteiger partial charge on any atom is -0.450 e. The van der Waals surface area contributed by atoms with Crippen LogP contribution in [0.2, 0.25) is 0 Å². The van der Waals surface area contributed by atoms with E-state index in [0.717, 1.165) is 34.9 Å². The molecule has 0 aliphatic carbocycles. The van der Waals surface area contributed by atoms with Gasteiger partial charge in [-0.05, 0) is 53.7 Å². The third-order valence-corrected chi connectivity index (χ3v) is 5.43. The number of hydrogen-bond donors (Lipinski definition) is 0. The molecule has 0 aromatic heterocycles. The number of benzene rings is 3. The summed E-state index contributed by atoms with van der Waals surface area (Å²) in [5.41, 5.74) is 0.132. The van der Waals surface area contributed by atoms with Crippen LogP contribution < -0.4 is 9.64 Å². The van der Waals surface area contributed by atoms with Crippen molar-refractivity contribution in [2.24, 2.45) is 0 Å². The van der Waals surface area contributed by atoms with Gasteiger partial charge in [-0.25, -0.2) is 4.90 Å². The van der Waals surface area contributed by atoms with E-state index >= 15 is 0 Å². The molecule has 0 spiro atoms. The number of ether oxygens (including phenoxy) is 1. The van der Waals surface area contributed by atoms with Gasteiger partial charge in [0.15, 0.2) is 0 Å². The zero-order chi connectivity index (χ0) is 23.5. The lowest BCUT2D eigenvalue weighted by Gasteiger charge is -2.11. The molecule has 33 heavy (non-hydrogen) atoms. The fourth-order valence-electron chi connectivity index (χ4n) is 3.03. The molecule has 1 aliphatic rings. The first-order valence-electron chi connectivity index (χ1n) is 9.37. The summed E-state index contributed by atoms with van der Waals surface area (Å²) in [7, 11) is 0. The minimum absolute atomic E-state index is 0.151. The van der Waals surface area contributed by atoms with Gasteiger partial charge in [0, 0.05) is 6.07 Å². The molecule has 0 saturated carbocycles. The molecule has 3 aromatic carbocycles. The van der Waals surface area contributed by atoms with Crippen LogP contribution in [0.25, 0.3) is 6.08 Å². The largest absolute Gasteiger partial charge is 0.450 e. The molecule has 1 heterocycles. The Bertz CT molecular complexity index is 1310. The Hall–Kier alpha value is -4.51. The second kappa shape index (κ2) is 8.93. The van der Waals surface area contributed by atoms with E-state index in [1.54, 1.807) is 48.5 Å². The summed E-state index contributed by atoms with van der Waals surface area (Å²) in [4.78, 5) is 47.0. The zero-order valence-electron chi connectivity index (χ0n) is 16.6. The molecule has 4 rings (SSSR count). The molecule has 0 radical (unpaired) electrons. The van der Waals surface area contributed by atoms with Gasteiger partial charge in [-0.15, -0.1) is 0 Å². The molecule has 0 bridgehead atoms. The quantitative estimate of drug-likeness (QED) is 0.264. The van der Waals surface area contributed by atoms with Crippen molar-refractivity contribution < 1.29 is 24.2 Å². The highest BCUT2D eigenvalue weighted by Crippen LogP contribution is 2.37. The number of thioether (sulfide) groups is 1. The molecule has 1 aliphatic heterocycles. The van der Waals surface area contributed by atoms with Crippen molar-refractivity contribution in [2.75, 3.05) is 4.90 Å². The highest BCUT2D eigenvalue weighted by Gasteiger charge is 2.36. The van der Waals surface area contributed by atoms with Gasteiger partial charge in [0.1, 0.15) is 5.75 Å². The van der Waals surface area contributed by atoms with Crippen molar-refractivity contribution in [3.8, 4) is 11.5 Å². The first kappa shape index (κ1) is 21.7. The number of non-ortho nitro benzene ring substituents is 1. The molecular weight excluding hydrogens is 450 g/mol. The van der Waals surface area contributed by atoms with Crippen LogP contribution in [-0.4, -0.2) is 21.0 Å². The Morgan fingerprint density at radius 3 is 2.21 bits per heavy atom. The lowest BCUT2D eigenvalue weighted by molar-refractivity contribution is -0.394. The van der Waals surface area contributed by atoms with Crippen LogP contribution in [0.15, 0.2) is 77.7 Å². The summed E-state index contributed by atoms with van der Waals surface area (Å²) < 4.78 is 5.52. The summed E-state index contributed by atoms with van der Waals surface area (Å²) in [6.45, 7) is 0. The number of nitrogens with zero attached hydrogens (tertiary/aromatic N) is 3. The number of nitro groups is 2. The van der Waals surface area contributed by atoms with Crippen LogP contribution >= 0.6 is 11.8 Å². The highest BCUT2D eigenvalue weighted by atomic mass is 32.2. The van der Waals surface area contributed by atoms with Crippen LogP contribution in [0, 0.1) is 20.2 Å². The topological polar surface area (TPSA) is 133 Å². The maximum Gasteiger partial charge on any atom is 0.318 e. The number of carbonyl (C=O) groups is 2. The van der Waals surface area contributed by atoms with E-state index in [1.807, 2.05) is 0 Å². The van der Waals surface area contributed by atoms with E-state index < -0.39 is 32.4 Å². The maximum absolute atomic E-state index is 12.7. The number of carbonyl (C=O) groups excluding carboxylic acids is 2. The average molecular weight is 463 g/mol. The lowest BCUT2D eigenvalue weighted by Crippen LogP contribution is -2.27. The number of rotatable bonds is 6. The van der Waals surface area contributed by atoms with Gasteiger partial charge in [-0.2, -0.15) is 0 Å². The first-order chi connectivity index (χ1) is 15.8. The molecule has 3 aromatic rings. The molecule has 10 nitrogen and oxygen atoms in total. The zero-order valence-corrected chi connectivity index (χ0v) is 17.4. The number of imide groups is 1. The summed E-state index contributed by atoms with van der Waals surface area (Å²) in [5, 5.41) is 21.7. The van der Waals surface area contributed by atoms with Gasteiger partial charge in [0.05, 0.1) is 26.5 Å². The third-order valence-electron chi connectivity index (χ3n) is 4.56. The van der Waals surface area contributed by atoms with Gasteiger partial charge >= 0.3 is 5.69 Å². The minimum atomic E-state index is -0.764. The average Bonchev–Trinajstić information content (AvgIpc) is 3.08. The monoisotopic (exact) mass is 463 g/mol. The third kappa shape index (κ3) is 4.57. The Morgan fingerprint density at radius 2 is 1.58 bits per heavy atom. The molecule has 1 saturated heterocycles. The van der Waals surface area contributed by atoms with Crippen LogP contribution in [0.1, 0.15) is 5.56 Å².